The first kappa shape index (κ1) is 13.9. The van der Waals surface area contributed by atoms with Gasteiger partial charge in [0.15, 0.2) is 0 Å². The van der Waals surface area contributed by atoms with Gasteiger partial charge in [-0.3, -0.25) is 9.48 Å². The van der Waals surface area contributed by atoms with Gasteiger partial charge in [0.2, 0.25) is 0 Å². The number of nitrogens with one attached hydrogen (secondary N) is 1. The molecule has 6 heteroatoms. The minimum atomic E-state index is -0.500. The number of hydrogen-bond acceptors (Lipinski definition) is 4. The molecule has 0 spiro atoms. The highest BCUT2D eigenvalue weighted by molar-refractivity contribution is 5.98. The standard InChI is InChI=1S/C13H22N4O2/c1-9-10(14)11(17(2)16-9)12(19)15-13(8-18)6-4-3-5-7-13/h18H,3-8,14H2,1-2H3,(H,15,19). The van der Waals surface area contributed by atoms with Crippen molar-refractivity contribution >= 4 is 11.6 Å². The molecule has 0 aromatic carbocycles. The highest BCUT2D eigenvalue weighted by atomic mass is 16.3. The lowest BCUT2D eigenvalue weighted by Crippen LogP contribution is -2.52. The second kappa shape index (κ2) is 5.21. The molecule has 0 saturated heterocycles. The number of rotatable bonds is 3. The van der Waals surface area contributed by atoms with Crippen molar-refractivity contribution in [2.24, 2.45) is 7.05 Å². The third-order valence-corrected chi connectivity index (χ3v) is 3.98. The molecule has 106 valence electrons. The molecule has 0 unspecified atom stereocenters. The number of aryl methyl sites for hydroxylation is 2. The van der Waals surface area contributed by atoms with Gasteiger partial charge in [0.05, 0.1) is 23.5 Å². The molecule has 1 amide bonds. The zero-order valence-corrected chi connectivity index (χ0v) is 11.6. The van der Waals surface area contributed by atoms with Gasteiger partial charge in [0.1, 0.15) is 5.69 Å². The summed E-state index contributed by atoms with van der Waals surface area (Å²) in [6.07, 6.45) is 4.84. The molecule has 4 N–H and O–H groups in total. The molecule has 1 fully saturated rings. The summed E-state index contributed by atoms with van der Waals surface area (Å²) < 4.78 is 1.49. The van der Waals surface area contributed by atoms with E-state index in [1.807, 2.05) is 0 Å². The third kappa shape index (κ3) is 2.58. The lowest BCUT2D eigenvalue weighted by molar-refractivity contribution is 0.0750. The maximum absolute atomic E-state index is 12.4. The second-order valence-corrected chi connectivity index (χ2v) is 5.42. The number of aliphatic hydroxyl groups is 1. The van der Waals surface area contributed by atoms with Gasteiger partial charge in [-0.05, 0) is 19.8 Å². The summed E-state index contributed by atoms with van der Waals surface area (Å²) in [5.74, 6) is -0.253. The minimum Gasteiger partial charge on any atom is -0.395 e. The molecule has 6 nitrogen and oxygen atoms in total. The zero-order valence-electron chi connectivity index (χ0n) is 11.6. The van der Waals surface area contributed by atoms with Crippen LogP contribution in [0.3, 0.4) is 0 Å². The summed E-state index contributed by atoms with van der Waals surface area (Å²) in [6, 6.07) is 0. The van der Waals surface area contributed by atoms with Gasteiger partial charge in [-0.2, -0.15) is 5.10 Å². The monoisotopic (exact) mass is 266 g/mol. The molecule has 1 heterocycles. The Morgan fingerprint density at radius 3 is 2.58 bits per heavy atom. The molecule has 1 aromatic rings. The molecule has 0 bridgehead atoms. The number of nitrogen functional groups attached to an aromatic ring is 1. The van der Waals surface area contributed by atoms with Gasteiger partial charge in [-0.15, -0.1) is 0 Å². The van der Waals surface area contributed by atoms with Crippen molar-refractivity contribution in [1.82, 2.24) is 15.1 Å². The van der Waals surface area contributed by atoms with Crippen LogP contribution in [-0.4, -0.2) is 32.9 Å². The van der Waals surface area contributed by atoms with Crippen LogP contribution in [-0.2, 0) is 7.05 Å². The van der Waals surface area contributed by atoms with Crippen LogP contribution >= 0.6 is 0 Å². The largest absolute Gasteiger partial charge is 0.395 e. The number of aromatic nitrogens is 2. The Hall–Kier alpha value is -1.56. The SMILES string of the molecule is Cc1nn(C)c(C(=O)NC2(CO)CCCCC2)c1N. The van der Waals surface area contributed by atoms with E-state index in [1.54, 1.807) is 14.0 Å². The zero-order chi connectivity index (χ0) is 14.0. The summed E-state index contributed by atoms with van der Waals surface area (Å²) in [7, 11) is 1.70. The van der Waals surface area contributed by atoms with Gasteiger partial charge < -0.3 is 16.2 Å². The number of nitrogens with zero attached hydrogens (tertiary/aromatic N) is 2. The first-order valence-corrected chi connectivity index (χ1v) is 6.71. The smallest absolute Gasteiger partial charge is 0.272 e. The van der Waals surface area contributed by atoms with Gasteiger partial charge in [0, 0.05) is 7.05 Å². The van der Waals surface area contributed by atoms with Crippen LogP contribution in [0.2, 0.25) is 0 Å². The fourth-order valence-corrected chi connectivity index (χ4v) is 2.80. The van der Waals surface area contributed by atoms with Crippen molar-refractivity contribution in [3.8, 4) is 0 Å². The lowest BCUT2D eigenvalue weighted by atomic mass is 9.82. The molecule has 1 saturated carbocycles. The van der Waals surface area contributed by atoms with Crippen LogP contribution in [0.25, 0.3) is 0 Å². The maximum atomic E-state index is 12.4. The van der Waals surface area contributed by atoms with Crippen LogP contribution in [0.5, 0.6) is 0 Å². The minimum absolute atomic E-state index is 0.0323. The predicted octanol–water partition coefficient (Wildman–Crippen LogP) is 0.736. The van der Waals surface area contributed by atoms with E-state index in [0.29, 0.717) is 17.1 Å². The van der Waals surface area contributed by atoms with Crippen molar-refractivity contribution in [1.29, 1.82) is 0 Å². The van der Waals surface area contributed by atoms with E-state index < -0.39 is 5.54 Å². The first-order chi connectivity index (χ1) is 8.99. The Bertz CT molecular complexity index is 475. The average molecular weight is 266 g/mol. The van der Waals surface area contributed by atoms with Crippen LogP contribution in [0.4, 0.5) is 5.69 Å². The van der Waals surface area contributed by atoms with Crippen LogP contribution in [0, 0.1) is 6.92 Å². The fourth-order valence-electron chi connectivity index (χ4n) is 2.80. The van der Waals surface area contributed by atoms with Crippen LogP contribution < -0.4 is 11.1 Å². The number of amides is 1. The van der Waals surface area contributed by atoms with Crippen molar-refractivity contribution in [3.63, 3.8) is 0 Å². The highest BCUT2D eigenvalue weighted by Gasteiger charge is 2.34. The number of carbonyl (C=O) groups excluding carboxylic acids is 1. The Labute approximate surface area is 113 Å². The van der Waals surface area contributed by atoms with Crippen molar-refractivity contribution in [2.75, 3.05) is 12.3 Å². The quantitative estimate of drug-likeness (QED) is 0.752. The molecular weight excluding hydrogens is 244 g/mol. The molecular formula is C13H22N4O2. The Morgan fingerprint density at radius 1 is 1.47 bits per heavy atom. The van der Waals surface area contributed by atoms with Crippen LogP contribution in [0.15, 0.2) is 0 Å². The number of hydrogen-bond donors (Lipinski definition) is 3. The van der Waals surface area contributed by atoms with E-state index in [2.05, 4.69) is 10.4 Å². The number of anilines is 1. The molecule has 0 atom stereocenters. The van der Waals surface area contributed by atoms with Gasteiger partial charge in [0.25, 0.3) is 5.91 Å². The summed E-state index contributed by atoms with van der Waals surface area (Å²) >= 11 is 0. The molecule has 19 heavy (non-hydrogen) atoms. The predicted molar refractivity (Wildman–Crippen MR) is 72.7 cm³/mol. The van der Waals surface area contributed by atoms with Crippen molar-refractivity contribution < 1.29 is 9.90 Å². The Morgan fingerprint density at radius 2 is 2.11 bits per heavy atom. The second-order valence-electron chi connectivity index (χ2n) is 5.42. The normalized spacial score (nSPS) is 18.3. The van der Waals surface area contributed by atoms with Crippen molar-refractivity contribution in [3.05, 3.63) is 11.4 Å². The van der Waals surface area contributed by atoms with E-state index in [9.17, 15) is 9.90 Å². The summed E-state index contributed by atoms with van der Waals surface area (Å²) in [5.41, 5.74) is 6.81. The first-order valence-electron chi connectivity index (χ1n) is 6.71. The summed E-state index contributed by atoms with van der Waals surface area (Å²) in [4.78, 5) is 12.4. The average Bonchev–Trinajstić information content (AvgIpc) is 2.64. The lowest BCUT2D eigenvalue weighted by Gasteiger charge is -2.36. The van der Waals surface area contributed by atoms with E-state index in [-0.39, 0.29) is 12.5 Å². The molecule has 0 radical (unpaired) electrons. The highest BCUT2D eigenvalue weighted by Crippen LogP contribution is 2.28. The van der Waals surface area contributed by atoms with Gasteiger partial charge in [-0.1, -0.05) is 19.3 Å². The maximum Gasteiger partial charge on any atom is 0.272 e. The third-order valence-electron chi connectivity index (χ3n) is 3.98. The van der Waals surface area contributed by atoms with Gasteiger partial charge >= 0.3 is 0 Å². The number of nitrogens with two attached hydrogens (primary N) is 1. The number of carbonyl (C=O) groups is 1. The van der Waals surface area contributed by atoms with E-state index in [0.717, 1.165) is 32.1 Å². The molecule has 1 aromatic heterocycles. The fraction of sp³-hybridized carbons (Fsp3) is 0.692. The molecule has 1 aliphatic carbocycles. The summed E-state index contributed by atoms with van der Waals surface area (Å²) in [5, 5.41) is 16.7. The Balaban J connectivity index is 2.20. The van der Waals surface area contributed by atoms with E-state index in [1.165, 1.54) is 4.68 Å². The number of aliphatic hydroxyl groups excluding tert-OH is 1. The summed E-state index contributed by atoms with van der Waals surface area (Å²) in [6.45, 7) is 1.74. The molecule has 0 aliphatic heterocycles. The van der Waals surface area contributed by atoms with Crippen LogP contribution in [0.1, 0.15) is 48.3 Å². The molecule has 2 rings (SSSR count). The van der Waals surface area contributed by atoms with Gasteiger partial charge in [-0.25, -0.2) is 0 Å². The van der Waals surface area contributed by atoms with Crippen molar-refractivity contribution in [2.45, 2.75) is 44.6 Å². The molecule has 1 aliphatic rings. The van der Waals surface area contributed by atoms with E-state index >= 15 is 0 Å². The van der Waals surface area contributed by atoms with E-state index in [4.69, 9.17) is 5.73 Å². The topological polar surface area (TPSA) is 93.2 Å². The Kier molecular flexibility index (Phi) is 3.80.